The van der Waals surface area contributed by atoms with Crippen molar-refractivity contribution in [3.05, 3.63) is 22.1 Å². The molecule has 4 nitrogen and oxygen atoms in total. The molecule has 3 N–H and O–H groups in total. The fourth-order valence-corrected chi connectivity index (χ4v) is 0.890. The van der Waals surface area contributed by atoms with Crippen LogP contribution in [-0.2, 0) is 13.5 Å². The molecule has 0 saturated carbocycles. The van der Waals surface area contributed by atoms with Gasteiger partial charge in [-0.2, -0.15) is 0 Å². The lowest BCUT2D eigenvalue weighted by molar-refractivity contribution is 0.756. The maximum atomic E-state index is 10.9. The van der Waals surface area contributed by atoms with Crippen LogP contribution in [0.25, 0.3) is 0 Å². The minimum Gasteiger partial charge on any atom is -0.330 e. The highest BCUT2D eigenvalue weighted by Gasteiger charge is 1.98. The van der Waals surface area contributed by atoms with Crippen molar-refractivity contribution in [2.75, 3.05) is 6.54 Å². The Labute approximate surface area is 58.6 Å². The first kappa shape index (κ1) is 7.08. The molecular weight excluding hydrogens is 130 g/mol. The lowest BCUT2D eigenvalue weighted by atomic mass is 10.2. The predicted molar refractivity (Wildman–Crippen MR) is 38.8 cm³/mol. The Kier molecular flexibility index (Phi) is 1.91. The van der Waals surface area contributed by atoms with Crippen molar-refractivity contribution in [1.29, 1.82) is 0 Å². The van der Waals surface area contributed by atoms with E-state index in [-0.39, 0.29) is 5.56 Å². The average Bonchev–Trinajstić information content (AvgIpc) is 2.13. The molecule has 0 unspecified atom stereocenters. The van der Waals surface area contributed by atoms with E-state index >= 15 is 0 Å². The standard InChI is InChI=1S/C6H11N3O/c1-9-4-5(2-3-7)6(10)8-9/h4H,2-3,7H2,1H3,(H,8,10). The van der Waals surface area contributed by atoms with Gasteiger partial charge in [0.15, 0.2) is 0 Å². The van der Waals surface area contributed by atoms with E-state index in [4.69, 9.17) is 5.73 Å². The zero-order valence-electron chi connectivity index (χ0n) is 5.92. The number of rotatable bonds is 2. The van der Waals surface area contributed by atoms with Crippen LogP contribution >= 0.6 is 0 Å². The van der Waals surface area contributed by atoms with Gasteiger partial charge in [0.1, 0.15) is 0 Å². The predicted octanol–water partition coefficient (Wildman–Crippen LogP) is -0.785. The molecule has 0 fully saturated rings. The van der Waals surface area contributed by atoms with E-state index < -0.39 is 0 Å². The van der Waals surface area contributed by atoms with Gasteiger partial charge in [0, 0.05) is 18.8 Å². The molecule has 0 aromatic carbocycles. The van der Waals surface area contributed by atoms with E-state index in [1.165, 1.54) is 0 Å². The first-order chi connectivity index (χ1) is 4.74. The Morgan fingerprint density at radius 1 is 1.80 bits per heavy atom. The molecule has 0 spiro atoms. The molecule has 0 atom stereocenters. The molecule has 0 aliphatic rings. The summed E-state index contributed by atoms with van der Waals surface area (Å²) in [6.07, 6.45) is 2.41. The lowest BCUT2D eigenvalue weighted by Crippen LogP contribution is -2.11. The second-order valence-corrected chi connectivity index (χ2v) is 2.24. The number of H-pyrrole nitrogens is 1. The topological polar surface area (TPSA) is 63.8 Å². The number of nitrogens with zero attached hydrogens (tertiary/aromatic N) is 1. The van der Waals surface area contributed by atoms with Gasteiger partial charge in [0.05, 0.1) is 0 Å². The number of hydrogen-bond acceptors (Lipinski definition) is 2. The van der Waals surface area contributed by atoms with Crippen LogP contribution in [0.4, 0.5) is 0 Å². The van der Waals surface area contributed by atoms with E-state index in [0.717, 1.165) is 5.56 Å². The first-order valence-corrected chi connectivity index (χ1v) is 3.18. The Morgan fingerprint density at radius 2 is 2.50 bits per heavy atom. The highest BCUT2D eigenvalue weighted by Crippen LogP contribution is 1.87. The van der Waals surface area contributed by atoms with Crippen LogP contribution in [0.2, 0.25) is 0 Å². The smallest absolute Gasteiger partial charge is 0.267 e. The van der Waals surface area contributed by atoms with Crippen LogP contribution in [0.3, 0.4) is 0 Å². The molecule has 0 radical (unpaired) electrons. The van der Waals surface area contributed by atoms with Crippen LogP contribution in [-0.4, -0.2) is 16.3 Å². The monoisotopic (exact) mass is 141 g/mol. The molecule has 1 heterocycles. The summed E-state index contributed by atoms with van der Waals surface area (Å²) < 4.78 is 1.63. The summed E-state index contributed by atoms with van der Waals surface area (Å²) in [5, 5.41) is 2.60. The second-order valence-electron chi connectivity index (χ2n) is 2.24. The molecule has 56 valence electrons. The van der Waals surface area contributed by atoms with Crippen molar-refractivity contribution in [1.82, 2.24) is 9.78 Å². The van der Waals surface area contributed by atoms with Crippen molar-refractivity contribution < 1.29 is 0 Å². The van der Waals surface area contributed by atoms with Gasteiger partial charge in [-0.1, -0.05) is 0 Å². The van der Waals surface area contributed by atoms with Crippen molar-refractivity contribution in [2.24, 2.45) is 12.8 Å². The Hall–Kier alpha value is -1.03. The minimum atomic E-state index is -0.0343. The van der Waals surface area contributed by atoms with E-state index in [1.54, 1.807) is 17.9 Å². The molecule has 1 rings (SSSR count). The van der Waals surface area contributed by atoms with Crippen LogP contribution in [0, 0.1) is 0 Å². The number of aromatic nitrogens is 2. The largest absolute Gasteiger partial charge is 0.330 e. The summed E-state index contributed by atoms with van der Waals surface area (Å²) in [4.78, 5) is 10.9. The molecule has 1 aromatic rings. The van der Waals surface area contributed by atoms with Crippen LogP contribution in [0.5, 0.6) is 0 Å². The van der Waals surface area contributed by atoms with Gasteiger partial charge in [-0.05, 0) is 13.0 Å². The van der Waals surface area contributed by atoms with Crippen molar-refractivity contribution in [3.8, 4) is 0 Å². The molecule has 10 heavy (non-hydrogen) atoms. The minimum absolute atomic E-state index is 0.0343. The normalized spacial score (nSPS) is 10.2. The quantitative estimate of drug-likeness (QED) is 0.567. The summed E-state index contributed by atoms with van der Waals surface area (Å²) >= 11 is 0. The third-order valence-corrected chi connectivity index (χ3v) is 1.33. The zero-order chi connectivity index (χ0) is 7.56. The number of nitrogens with one attached hydrogen (secondary N) is 1. The van der Waals surface area contributed by atoms with Gasteiger partial charge in [-0.15, -0.1) is 0 Å². The Bertz CT molecular complexity index is 260. The van der Waals surface area contributed by atoms with Crippen LogP contribution < -0.4 is 11.3 Å². The van der Waals surface area contributed by atoms with Crippen LogP contribution in [0.15, 0.2) is 11.0 Å². The Morgan fingerprint density at radius 3 is 2.90 bits per heavy atom. The fourth-order valence-electron chi connectivity index (χ4n) is 0.890. The van der Waals surface area contributed by atoms with E-state index in [2.05, 4.69) is 5.10 Å². The SMILES string of the molecule is Cn1cc(CCN)c(=O)[nH]1. The molecule has 0 amide bonds. The summed E-state index contributed by atoms with van der Waals surface area (Å²) in [7, 11) is 1.78. The first-order valence-electron chi connectivity index (χ1n) is 3.18. The average molecular weight is 141 g/mol. The van der Waals surface area contributed by atoms with Gasteiger partial charge in [0.25, 0.3) is 5.56 Å². The fraction of sp³-hybridized carbons (Fsp3) is 0.500. The third-order valence-electron chi connectivity index (χ3n) is 1.33. The number of hydrogen-bond donors (Lipinski definition) is 2. The molecule has 4 heteroatoms. The van der Waals surface area contributed by atoms with E-state index in [0.29, 0.717) is 13.0 Å². The van der Waals surface area contributed by atoms with Gasteiger partial charge >= 0.3 is 0 Å². The highest BCUT2D eigenvalue weighted by atomic mass is 16.1. The van der Waals surface area contributed by atoms with Gasteiger partial charge in [-0.3, -0.25) is 14.6 Å². The van der Waals surface area contributed by atoms with Crippen LogP contribution in [0.1, 0.15) is 5.56 Å². The lowest BCUT2D eigenvalue weighted by Gasteiger charge is -1.86. The van der Waals surface area contributed by atoms with Gasteiger partial charge in [0.2, 0.25) is 0 Å². The Balaban J connectivity index is 2.92. The van der Waals surface area contributed by atoms with Gasteiger partial charge in [-0.25, -0.2) is 0 Å². The van der Waals surface area contributed by atoms with E-state index in [9.17, 15) is 4.79 Å². The van der Waals surface area contributed by atoms with E-state index in [1.807, 2.05) is 0 Å². The van der Waals surface area contributed by atoms with Gasteiger partial charge < -0.3 is 5.73 Å². The third kappa shape index (κ3) is 1.27. The summed E-state index contributed by atoms with van der Waals surface area (Å²) in [5.41, 5.74) is 6.00. The molecule has 0 bridgehead atoms. The zero-order valence-corrected chi connectivity index (χ0v) is 5.92. The highest BCUT2D eigenvalue weighted by molar-refractivity contribution is 5.04. The number of nitrogens with two attached hydrogens (primary N) is 1. The summed E-state index contributed by atoms with van der Waals surface area (Å²) in [5.74, 6) is 0. The van der Waals surface area contributed by atoms with Crippen molar-refractivity contribution >= 4 is 0 Å². The van der Waals surface area contributed by atoms with Crippen molar-refractivity contribution in [2.45, 2.75) is 6.42 Å². The summed E-state index contributed by atoms with van der Waals surface area (Å²) in [6.45, 7) is 0.521. The number of aromatic amines is 1. The number of aryl methyl sites for hydroxylation is 1. The molecule has 0 saturated heterocycles. The second kappa shape index (κ2) is 2.70. The maximum Gasteiger partial charge on any atom is 0.267 e. The summed E-state index contributed by atoms with van der Waals surface area (Å²) in [6, 6.07) is 0. The molecule has 0 aliphatic heterocycles. The molecule has 0 aliphatic carbocycles. The maximum absolute atomic E-state index is 10.9. The van der Waals surface area contributed by atoms with Crippen molar-refractivity contribution in [3.63, 3.8) is 0 Å². The molecular formula is C6H11N3O. The molecule has 1 aromatic heterocycles.